The number of nitrogens with zero attached hydrogens (tertiary/aromatic N) is 3. The van der Waals surface area contributed by atoms with E-state index in [1.807, 2.05) is 0 Å². The highest BCUT2D eigenvalue weighted by molar-refractivity contribution is 5.79. The number of aliphatic imine (C=N–C) groups is 1. The fourth-order valence-electron chi connectivity index (χ4n) is 3.18. The van der Waals surface area contributed by atoms with E-state index in [9.17, 15) is 0 Å². The second-order valence-corrected chi connectivity index (χ2v) is 7.76. The minimum absolute atomic E-state index is 0.482. The van der Waals surface area contributed by atoms with Crippen LogP contribution in [0.25, 0.3) is 0 Å². The molecule has 25 heavy (non-hydrogen) atoms. The van der Waals surface area contributed by atoms with Crippen molar-refractivity contribution in [3.05, 3.63) is 0 Å². The van der Waals surface area contributed by atoms with E-state index >= 15 is 0 Å². The van der Waals surface area contributed by atoms with Gasteiger partial charge in [0.1, 0.15) is 0 Å². The Morgan fingerprint density at radius 1 is 0.960 bits per heavy atom. The van der Waals surface area contributed by atoms with Crippen molar-refractivity contribution in [3.63, 3.8) is 0 Å². The van der Waals surface area contributed by atoms with E-state index in [0.717, 1.165) is 25.0 Å². The zero-order chi connectivity index (χ0) is 18.5. The van der Waals surface area contributed by atoms with Crippen LogP contribution in [0.5, 0.6) is 0 Å². The first kappa shape index (κ1) is 22.2. The van der Waals surface area contributed by atoms with Crippen molar-refractivity contribution in [1.82, 2.24) is 20.4 Å². The van der Waals surface area contributed by atoms with E-state index in [2.05, 4.69) is 55.1 Å². The maximum atomic E-state index is 4.76. The van der Waals surface area contributed by atoms with E-state index in [1.54, 1.807) is 0 Å². The number of likely N-dealkylation sites (N-methyl/N-ethyl adjacent to an activating group) is 1. The molecule has 0 radical (unpaired) electrons. The van der Waals surface area contributed by atoms with Crippen LogP contribution < -0.4 is 10.6 Å². The molecule has 1 fully saturated rings. The fraction of sp³-hybridized carbons (Fsp3) is 0.950. The van der Waals surface area contributed by atoms with Crippen LogP contribution in [-0.4, -0.2) is 74.2 Å². The lowest BCUT2D eigenvalue weighted by Crippen LogP contribution is -2.46. The normalized spacial score (nSPS) is 18.6. The first-order valence-electron chi connectivity index (χ1n) is 10.5. The van der Waals surface area contributed by atoms with Crippen LogP contribution in [0.15, 0.2) is 4.99 Å². The molecule has 0 bridgehead atoms. The predicted molar refractivity (Wildman–Crippen MR) is 110 cm³/mol. The van der Waals surface area contributed by atoms with Gasteiger partial charge in [-0.25, -0.2) is 0 Å². The number of hydrogen-bond acceptors (Lipinski definition) is 3. The molecule has 1 aliphatic rings. The molecular formula is C20H43N5. The lowest BCUT2D eigenvalue weighted by Gasteiger charge is -2.33. The summed E-state index contributed by atoms with van der Waals surface area (Å²) in [5.41, 5.74) is 0. The number of hydrogen-bond donors (Lipinski definition) is 2. The standard InChI is InChI=1S/C20H43N5/c1-6-21-20(23-19(5)11-10-18(3)4)22-12-8-9-13-25-16-14-24(7-2)15-17-25/h18-19H,6-17H2,1-5H3,(H2,21,22,23). The van der Waals surface area contributed by atoms with Crippen molar-refractivity contribution in [2.24, 2.45) is 10.9 Å². The monoisotopic (exact) mass is 353 g/mol. The topological polar surface area (TPSA) is 42.9 Å². The molecule has 0 aromatic heterocycles. The Morgan fingerprint density at radius 3 is 2.24 bits per heavy atom. The molecule has 1 atom stereocenters. The third-order valence-corrected chi connectivity index (χ3v) is 4.97. The van der Waals surface area contributed by atoms with E-state index in [0.29, 0.717) is 6.04 Å². The van der Waals surface area contributed by atoms with Crippen LogP contribution in [0.4, 0.5) is 0 Å². The number of nitrogens with one attached hydrogen (secondary N) is 2. The van der Waals surface area contributed by atoms with Crippen LogP contribution >= 0.6 is 0 Å². The Hall–Kier alpha value is -0.810. The first-order valence-corrected chi connectivity index (χ1v) is 10.5. The summed E-state index contributed by atoms with van der Waals surface area (Å²) in [6.45, 7) is 20.4. The number of guanidine groups is 1. The van der Waals surface area contributed by atoms with E-state index in [-0.39, 0.29) is 0 Å². The molecule has 1 unspecified atom stereocenters. The zero-order valence-corrected chi connectivity index (χ0v) is 17.5. The highest BCUT2D eigenvalue weighted by Gasteiger charge is 2.14. The molecule has 0 amide bonds. The lowest BCUT2D eigenvalue weighted by molar-refractivity contribution is 0.136. The summed E-state index contributed by atoms with van der Waals surface area (Å²) in [7, 11) is 0. The Morgan fingerprint density at radius 2 is 1.64 bits per heavy atom. The summed E-state index contributed by atoms with van der Waals surface area (Å²) in [5.74, 6) is 1.75. The van der Waals surface area contributed by atoms with E-state index in [1.165, 1.54) is 65.0 Å². The van der Waals surface area contributed by atoms with Crippen LogP contribution in [0.1, 0.15) is 60.3 Å². The van der Waals surface area contributed by atoms with Gasteiger partial charge in [0.2, 0.25) is 0 Å². The summed E-state index contributed by atoms with van der Waals surface area (Å²) >= 11 is 0. The summed E-state index contributed by atoms with van der Waals surface area (Å²) in [5, 5.41) is 6.92. The van der Waals surface area contributed by atoms with Gasteiger partial charge in [-0.2, -0.15) is 0 Å². The van der Waals surface area contributed by atoms with Gasteiger partial charge in [-0.3, -0.25) is 4.99 Å². The fourth-order valence-corrected chi connectivity index (χ4v) is 3.18. The molecule has 1 rings (SSSR count). The van der Waals surface area contributed by atoms with E-state index in [4.69, 9.17) is 4.99 Å². The predicted octanol–water partition coefficient (Wildman–Crippen LogP) is 2.78. The molecule has 148 valence electrons. The van der Waals surface area contributed by atoms with Crippen LogP contribution in [0.2, 0.25) is 0 Å². The SMILES string of the molecule is CCNC(=NCCCCN1CCN(CC)CC1)NC(C)CCC(C)C. The quantitative estimate of drug-likeness (QED) is 0.340. The summed E-state index contributed by atoms with van der Waals surface area (Å²) < 4.78 is 0. The van der Waals surface area contributed by atoms with Crippen molar-refractivity contribution in [3.8, 4) is 0 Å². The minimum atomic E-state index is 0.482. The Balaban J connectivity index is 2.19. The van der Waals surface area contributed by atoms with Gasteiger partial charge in [-0.15, -0.1) is 0 Å². The van der Waals surface area contributed by atoms with Gasteiger partial charge in [-0.05, 0) is 58.5 Å². The van der Waals surface area contributed by atoms with Gasteiger partial charge in [0, 0.05) is 45.3 Å². The Bertz CT molecular complexity index is 348. The van der Waals surface area contributed by atoms with Crippen molar-refractivity contribution in [2.45, 2.75) is 66.3 Å². The molecule has 0 saturated carbocycles. The molecule has 0 aromatic rings. The first-order chi connectivity index (χ1) is 12.0. The summed E-state index contributed by atoms with van der Waals surface area (Å²) in [6.07, 6.45) is 4.88. The zero-order valence-electron chi connectivity index (χ0n) is 17.5. The van der Waals surface area contributed by atoms with Crippen molar-refractivity contribution in [2.75, 3.05) is 52.4 Å². The second-order valence-electron chi connectivity index (χ2n) is 7.76. The van der Waals surface area contributed by atoms with Crippen LogP contribution in [0.3, 0.4) is 0 Å². The van der Waals surface area contributed by atoms with Crippen LogP contribution in [-0.2, 0) is 0 Å². The van der Waals surface area contributed by atoms with Gasteiger partial charge in [0.05, 0.1) is 0 Å². The highest BCUT2D eigenvalue weighted by Crippen LogP contribution is 2.06. The van der Waals surface area contributed by atoms with Gasteiger partial charge in [0.15, 0.2) is 5.96 Å². The molecule has 1 heterocycles. The molecule has 5 heteroatoms. The number of rotatable bonds is 11. The molecule has 1 saturated heterocycles. The lowest BCUT2D eigenvalue weighted by atomic mass is 10.0. The maximum absolute atomic E-state index is 4.76. The number of unbranched alkanes of at least 4 members (excludes halogenated alkanes) is 1. The molecule has 0 aliphatic carbocycles. The third kappa shape index (κ3) is 10.7. The van der Waals surface area contributed by atoms with E-state index < -0.39 is 0 Å². The number of piperazine rings is 1. The van der Waals surface area contributed by atoms with Crippen molar-refractivity contribution < 1.29 is 0 Å². The minimum Gasteiger partial charge on any atom is -0.357 e. The molecule has 0 aromatic carbocycles. The molecule has 0 spiro atoms. The van der Waals surface area contributed by atoms with Gasteiger partial charge in [0.25, 0.3) is 0 Å². The van der Waals surface area contributed by atoms with Crippen LogP contribution in [0, 0.1) is 5.92 Å². The molecule has 5 nitrogen and oxygen atoms in total. The van der Waals surface area contributed by atoms with Crippen molar-refractivity contribution in [1.29, 1.82) is 0 Å². The van der Waals surface area contributed by atoms with Gasteiger partial charge >= 0.3 is 0 Å². The van der Waals surface area contributed by atoms with Gasteiger partial charge < -0.3 is 20.4 Å². The molecule has 1 aliphatic heterocycles. The summed E-state index contributed by atoms with van der Waals surface area (Å²) in [4.78, 5) is 9.90. The Kier molecular flexibility index (Phi) is 11.9. The summed E-state index contributed by atoms with van der Waals surface area (Å²) in [6, 6.07) is 0.482. The smallest absolute Gasteiger partial charge is 0.191 e. The average Bonchev–Trinajstić information content (AvgIpc) is 2.60. The third-order valence-electron chi connectivity index (χ3n) is 4.97. The highest BCUT2D eigenvalue weighted by atomic mass is 15.3. The molecule has 2 N–H and O–H groups in total. The second kappa shape index (κ2) is 13.4. The molecular weight excluding hydrogens is 310 g/mol. The largest absolute Gasteiger partial charge is 0.357 e. The maximum Gasteiger partial charge on any atom is 0.191 e. The van der Waals surface area contributed by atoms with Crippen molar-refractivity contribution >= 4 is 5.96 Å². The average molecular weight is 354 g/mol. The van der Waals surface area contributed by atoms with Gasteiger partial charge in [-0.1, -0.05) is 20.8 Å². The Labute approximate surface area is 156 Å².